The van der Waals surface area contributed by atoms with E-state index >= 15 is 0 Å². The minimum atomic E-state index is 0.528. The summed E-state index contributed by atoms with van der Waals surface area (Å²) in [6.45, 7) is 8.69. The van der Waals surface area contributed by atoms with Crippen LogP contribution in [0.25, 0.3) is 11.3 Å². The lowest BCUT2D eigenvalue weighted by molar-refractivity contribution is 0.614. The molecule has 3 N–H and O–H groups in total. The average molecular weight is 299 g/mol. The van der Waals surface area contributed by atoms with Gasteiger partial charge in [-0.25, -0.2) is 9.98 Å². The zero-order chi connectivity index (χ0) is 15.8. The van der Waals surface area contributed by atoms with Crippen LogP contribution in [0.3, 0.4) is 0 Å². The third-order valence-corrected chi connectivity index (χ3v) is 3.12. The highest BCUT2D eigenvalue weighted by atomic mass is 15.2. The molecule has 5 nitrogen and oxygen atoms in total. The Morgan fingerprint density at radius 2 is 2.00 bits per heavy atom. The Bertz CT molecular complexity index is 586. The third-order valence-electron chi connectivity index (χ3n) is 3.12. The van der Waals surface area contributed by atoms with Crippen molar-refractivity contribution in [3.05, 3.63) is 42.4 Å². The first kappa shape index (κ1) is 16.1. The molecule has 0 bridgehead atoms. The van der Waals surface area contributed by atoms with Gasteiger partial charge in [-0.3, -0.25) is 0 Å². The number of imidazole rings is 1. The number of hydrogen-bond acceptors (Lipinski definition) is 2. The summed E-state index contributed by atoms with van der Waals surface area (Å²) in [4.78, 5) is 12.3. The van der Waals surface area contributed by atoms with Gasteiger partial charge in [0.05, 0.1) is 11.9 Å². The van der Waals surface area contributed by atoms with E-state index in [4.69, 9.17) is 0 Å². The lowest BCUT2D eigenvalue weighted by Crippen LogP contribution is -2.39. The van der Waals surface area contributed by atoms with Crippen LogP contribution in [0.2, 0.25) is 0 Å². The van der Waals surface area contributed by atoms with Crippen molar-refractivity contribution in [2.24, 2.45) is 10.9 Å². The Kier molecular flexibility index (Phi) is 6.01. The lowest BCUT2D eigenvalue weighted by atomic mass is 10.2. The maximum atomic E-state index is 4.56. The van der Waals surface area contributed by atoms with Crippen LogP contribution in [-0.2, 0) is 6.54 Å². The van der Waals surface area contributed by atoms with Crippen molar-refractivity contribution in [2.75, 3.05) is 13.1 Å². The van der Waals surface area contributed by atoms with Gasteiger partial charge in [0.15, 0.2) is 5.96 Å². The SMILES string of the molecule is CCNC(=NCc1ncc(-c2ccccc2)[nH]1)NCC(C)C. The van der Waals surface area contributed by atoms with Crippen LogP contribution < -0.4 is 10.6 Å². The smallest absolute Gasteiger partial charge is 0.191 e. The van der Waals surface area contributed by atoms with Crippen molar-refractivity contribution in [1.82, 2.24) is 20.6 Å². The second-order valence-electron chi connectivity index (χ2n) is 5.58. The molecule has 1 aromatic heterocycles. The van der Waals surface area contributed by atoms with E-state index in [0.29, 0.717) is 12.5 Å². The minimum Gasteiger partial charge on any atom is -0.357 e. The molecule has 5 heteroatoms. The molecule has 0 aliphatic carbocycles. The third kappa shape index (κ3) is 4.91. The number of rotatable bonds is 6. The quantitative estimate of drug-likeness (QED) is 0.567. The molecule has 0 amide bonds. The number of H-pyrrole nitrogens is 1. The number of aromatic nitrogens is 2. The van der Waals surface area contributed by atoms with Gasteiger partial charge in [0, 0.05) is 13.1 Å². The molecule has 0 saturated carbocycles. The Morgan fingerprint density at radius 3 is 2.68 bits per heavy atom. The maximum absolute atomic E-state index is 4.56. The van der Waals surface area contributed by atoms with Crippen LogP contribution in [0, 0.1) is 5.92 Å². The molecule has 0 atom stereocenters. The highest BCUT2D eigenvalue weighted by Gasteiger charge is 2.03. The molecule has 2 aromatic rings. The van der Waals surface area contributed by atoms with Crippen molar-refractivity contribution in [1.29, 1.82) is 0 Å². The van der Waals surface area contributed by atoms with Gasteiger partial charge in [0.25, 0.3) is 0 Å². The molecule has 0 aliphatic rings. The van der Waals surface area contributed by atoms with E-state index in [-0.39, 0.29) is 0 Å². The topological polar surface area (TPSA) is 65.1 Å². The number of nitrogens with zero attached hydrogens (tertiary/aromatic N) is 2. The summed E-state index contributed by atoms with van der Waals surface area (Å²) in [6, 6.07) is 10.2. The van der Waals surface area contributed by atoms with Crippen LogP contribution >= 0.6 is 0 Å². The molecule has 22 heavy (non-hydrogen) atoms. The Labute approximate surface area is 132 Å². The van der Waals surface area contributed by atoms with Gasteiger partial charge in [-0.1, -0.05) is 44.2 Å². The van der Waals surface area contributed by atoms with Gasteiger partial charge >= 0.3 is 0 Å². The molecule has 0 aliphatic heterocycles. The number of aliphatic imine (C=N–C) groups is 1. The van der Waals surface area contributed by atoms with Gasteiger partial charge in [-0.15, -0.1) is 0 Å². The van der Waals surface area contributed by atoms with Crippen molar-refractivity contribution >= 4 is 5.96 Å². The fraction of sp³-hybridized carbons (Fsp3) is 0.412. The molecule has 0 unspecified atom stereocenters. The van der Waals surface area contributed by atoms with E-state index in [1.54, 1.807) is 0 Å². The molecule has 118 valence electrons. The van der Waals surface area contributed by atoms with Crippen molar-refractivity contribution in [3.63, 3.8) is 0 Å². The number of benzene rings is 1. The van der Waals surface area contributed by atoms with Gasteiger partial charge in [-0.2, -0.15) is 0 Å². The summed E-state index contributed by atoms with van der Waals surface area (Å²) in [6.07, 6.45) is 1.86. The second kappa shape index (κ2) is 8.22. The fourth-order valence-electron chi connectivity index (χ4n) is 2.00. The predicted molar refractivity (Wildman–Crippen MR) is 91.7 cm³/mol. The Hall–Kier alpha value is -2.30. The number of guanidine groups is 1. The zero-order valence-corrected chi connectivity index (χ0v) is 13.6. The number of nitrogens with one attached hydrogen (secondary N) is 3. The zero-order valence-electron chi connectivity index (χ0n) is 13.6. The molecule has 0 spiro atoms. The van der Waals surface area contributed by atoms with E-state index in [1.807, 2.05) is 24.4 Å². The van der Waals surface area contributed by atoms with E-state index < -0.39 is 0 Å². The molecule has 0 saturated heterocycles. The first-order chi connectivity index (χ1) is 10.7. The van der Waals surface area contributed by atoms with Crippen LogP contribution in [0.1, 0.15) is 26.6 Å². The fourth-order valence-corrected chi connectivity index (χ4v) is 2.00. The van der Waals surface area contributed by atoms with Crippen molar-refractivity contribution in [3.8, 4) is 11.3 Å². The monoisotopic (exact) mass is 299 g/mol. The van der Waals surface area contributed by atoms with Crippen LogP contribution in [0.15, 0.2) is 41.5 Å². The van der Waals surface area contributed by atoms with Gasteiger partial charge in [0.2, 0.25) is 0 Å². The summed E-state index contributed by atoms with van der Waals surface area (Å²) in [5, 5.41) is 6.57. The van der Waals surface area contributed by atoms with E-state index in [9.17, 15) is 0 Å². The average Bonchev–Trinajstić information content (AvgIpc) is 3.00. The van der Waals surface area contributed by atoms with Crippen LogP contribution in [0.4, 0.5) is 0 Å². The van der Waals surface area contributed by atoms with E-state index in [0.717, 1.165) is 36.1 Å². The van der Waals surface area contributed by atoms with E-state index in [2.05, 4.69) is 58.5 Å². The summed E-state index contributed by atoms with van der Waals surface area (Å²) in [5.41, 5.74) is 2.15. The van der Waals surface area contributed by atoms with Gasteiger partial charge in [-0.05, 0) is 18.4 Å². The van der Waals surface area contributed by atoms with Crippen LogP contribution in [-0.4, -0.2) is 29.0 Å². The summed E-state index contributed by atoms with van der Waals surface area (Å²) >= 11 is 0. The molecule has 1 aromatic carbocycles. The summed E-state index contributed by atoms with van der Waals surface area (Å²) in [5.74, 6) is 2.27. The highest BCUT2D eigenvalue weighted by Crippen LogP contribution is 2.16. The summed E-state index contributed by atoms with van der Waals surface area (Å²) in [7, 11) is 0. The van der Waals surface area contributed by atoms with Crippen molar-refractivity contribution in [2.45, 2.75) is 27.3 Å². The molecular formula is C17H25N5. The maximum Gasteiger partial charge on any atom is 0.191 e. The largest absolute Gasteiger partial charge is 0.357 e. The Balaban J connectivity index is 2.00. The van der Waals surface area contributed by atoms with Gasteiger partial charge < -0.3 is 15.6 Å². The molecular weight excluding hydrogens is 274 g/mol. The van der Waals surface area contributed by atoms with Crippen LogP contribution in [0.5, 0.6) is 0 Å². The standard InChI is InChI=1S/C17H25N5/c1-4-18-17(20-10-13(2)3)21-12-16-19-11-15(22-16)14-8-6-5-7-9-14/h5-9,11,13H,4,10,12H2,1-3H3,(H,19,22)(H2,18,20,21). The number of aromatic amines is 1. The Morgan fingerprint density at radius 1 is 1.23 bits per heavy atom. The molecule has 0 radical (unpaired) electrons. The molecule has 2 rings (SSSR count). The lowest BCUT2D eigenvalue weighted by Gasteiger charge is -2.12. The number of hydrogen-bond donors (Lipinski definition) is 3. The minimum absolute atomic E-state index is 0.528. The van der Waals surface area contributed by atoms with E-state index in [1.165, 1.54) is 0 Å². The normalized spacial score (nSPS) is 11.7. The predicted octanol–water partition coefficient (Wildman–Crippen LogP) is 2.79. The second-order valence-corrected chi connectivity index (χ2v) is 5.58. The van der Waals surface area contributed by atoms with Gasteiger partial charge in [0.1, 0.15) is 12.4 Å². The van der Waals surface area contributed by atoms with Crippen molar-refractivity contribution < 1.29 is 0 Å². The molecule has 0 fully saturated rings. The first-order valence-corrected chi connectivity index (χ1v) is 7.80. The first-order valence-electron chi connectivity index (χ1n) is 7.80. The summed E-state index contributed by atoms with van der Waals surface area (Å²) < 4.78 is 0. The molecule has 1 heterocycles. The highest BCUT2D eigenvalue weighted by molar-refractivity contribution is 5.79.